The van der Waals surface area contributed by atoms with E-state index in [1.54, 1.807) is 12.3 Å². The monoisotopic (exact) mass is 256 g/mol. The van der Waals surface area contributed by atoms with Gasteiger partial charge in [0.2, 0.25) is 5.91 Å². The number of carbonyl (C=O) groups excluding carboxylic acids is 1. The lowest BCUT2D eigenvalue weighted by atomic mass is 10.2. The van der Waals surface area contributed by atoms with Crippen LogP contribution < -0.4 is 5.32 Å². The molecular weight excluding hydrogens is 240 g/mol. The molecular formula is C12H17ClN2O2. The van der Waals surface area contributed by atoms with Crippen molar-refractivity contribution in [3.8, 4) is 0 Å². The SMILES string of the molecule is Cc1cnc(Cl)c(NC(=O)COC(C)(C)C)c1. The van der Waals surface area contributed by atoms with E-state index in [0.29, 0.717) is 5.69 Å². The second-order valence-corrected chi connectivity index (χ2v) is 5.16. The van der Waals surface area contributed by atoms with Crippen LogP contribution in [0.25, 0.3) is 0 Å². The summed E-state index contributed by atoms with van der Waals surface area (Å²) in [7, 11) is 0. The maximum atomic E-state index is 11.6. The number of amides is 1. The first-order valence-corrected chi connectivity index (χ1v) is 5.72. The Kier molecular flexibility index (Phi) is 4.48. The van der Waals surface area contributed by atoms with Gasteiger partial charge in [0.05, 0.1) is 11.3 Å². The van der Waals surface area contributed by atoms with E-state index in [9.17, 15) is 4.79 Å². The largest absolute Gasteiger partial charge is 0.366 e. The number of aryl methyl sites for hydroxylation is 1. The van der Waals surface area contributed by atoms with E-state index in [-0.39, 0.29) is 23.3 Å². The van der Waals surface area contributed by atoms with Gasteiger partial charge in [-0.3, -0.25) is 4.79 Å². The molecule has 94 valence electrons. The number of ether oxygens (including phenoxy) is 1. The van der Waals surface area contributed by atoms with Gasteiger partial charge in [0.25, 0.3) is 0 Å². The number of halogens is 1. The Morgan fingerprint density at radius 1 is 1.53 bits per heavy atom. The second-order valence-electron chi connectivity index (χ2n) is 4.80. The normalized spacial score (nSPS) is 11.4. The first-order chi connectivity index (χ1) is 7.78. The zero-order valence-electron chi connectivity index (χ0n) is 10.5. The van der Waals surface area contributed by atoms with E-state index in [0.717, 1.165) is 5.56 Å². The summed E-state index contributed by atoms with van der Waals surface area (Å²) < 4.78 is 5.36. The summed E-state index contributed by atoms with van der Waals surface area (Å²) in [6.07, 6.45) is 1.64. The molecule has 0 unspecified atom stereocenters. The van der Waals surface area contributed by atoms with Gasteiger partial charge in [0.1, 0.15) is 6.61 Å². The highest BCUT2D eigenvalue weighted by Gasteiger charge is 2.14. The van der Waals surface area contributed by atoms with Gasteiger partial charge < -0.3 is 10.1 Å². The van der Waals surface area contributed by atoms with Crippen molar-refractivity contribution in [3.05, 3.63) is 23.0 Å². The molecule has 0 radical (unpaired) electrons. The second kappa shape index (κ2) is 5.47. The molecule has 1 amide bonds. The summed E-state index contributed by atoms with van der Waals surface area (Å²) in [5, 5.41) is 2.94. The zero-order chi connectivity index (χ0) is 13.1. The van der Waals surface area contributed by atoms with Crippen LogP contribution in [0, 0.1) is 6.92 Å². The Morgan fingerprint density at radius 3 is 2.76 bits per heavy atom. The van der Waals surface area contributed by atoms with Crippen LogP contribution >= 0.6 is 11.6 Å². The smallest absolute Gasteiger partial charge is 0.250 e. The number of hydrogen-bond acceptors (Lipinski definition) is 3. The van der Waals surface area contributed by atoms with E-state index in [1.807, 2.05) is 27.7 Å². The fraction of sp³-hybridized carbons (Fsp3) is 0.500. The molecule has 0 saturated carbocycles. The quantitative estimate of drug-likeness (QED) is 0.846. The lowest BCUT2D eigenvalue weighted by molar-refractivity contribution is -0.125. The molecule has 0 bridgehead atoms. The minimum absolute atomic E-state index is 0.00618. The lowest BCUT2D eigenvalue weighted by Crippen LogP contribution is -2.27. The van der Waals surface area contributed by atoms with Gasteiger partial charge in [0, 0.05) is 6.20 Å². The van der Waals surface area contributed by atoms with Crippen molar-refractivity contribution >= 4 is 23.2 Å². The third-order valence-electron chi connectivity index (χ3n) is 1.89. The van der Waals surface area contributed by atoms with Crippen molar-refractivity contribution in [1.29, 1.82) is 0 Å². The number of nitrogens with zero attached hydrogens (tertiary/aromatic N) is 1. The number of nitrogens with one attached hydrogen (secondary N) is 1. The van der Waals surface area contributed by atoms with Gasteiger partial charge in [0.15, 0.2) is 5.15 Å². The highest BCUT2D eigenvalue weighted by atomic mass is 35.5. The zero-order valence-corrected chi connectivity index (χ0v) is 11.3. The third-order valence-corrected chi connectivity index (χ3v) is 2.19. The molecule has 0 spiro atoms. The van der Waals surface area contributed by atoms with E-state index in [2.05, 4.69) is 10.3 Å². The van der Waals surface area contributed by atoms with Gasteiger partial charge in [-0.05, 0) is 39.3 Å². The van der Waals surface area contributed by atoms with Crippen molar-refractivity contribution in [2.45, 2.75) is 33.3 Å². The van der Waals surface area contributed by atoms with Crippen LogP contribution in [0.5, 0.6) is 0 Å². The van der Waals surface area contributed by atoms with Gasteiger partial charge in [-0.25, -0.2) is 4.98 Å². The topological polar surface area (TPSA) is 51.2 Å². The van der Waals surface area contributed by atoms with Crippen LogP contribution in [0.1, 0.15) is 26.3 Å². The molecule has 1 heterocycles. The van der Waals surface area contributed by atoms with Crippen molar-refractivity contribution in [3.63, 3.8) is 0 Å². The Bertz CT molecular complexity index is 413. The molecule has 0 aliphatic rings. The summed E-state index contributed by atoms with van der Waals surface area (Å²) in [5.74, 6) is -0.241. The van der Waals surface area contributed by atoms with E-state index in [4.69, 9.17) is 16.3 Å². The summed E-state index contributed by atoms with van der Waals surface area (Å²) in [6.45, 7) is 7.54. The number of pyridine rings is 1. The molecule has 4 nitrogen and oxygen atoms in total. The molecule has 1 rings (SSSR count). The maximum absolute atomic E-state index is 11.6. The number of carbonyl (C=O) groups is 1. The van der Waals surface area contributed by atoms with E-state index in [1.165, 1.54) is 0 Å². The van der Waals surface area contributed by atoms with Crippen molar-refractivity contribution < 1.29 is 9.53 Å². The highest BCUT2D eigenvalue weighted by Crippen LogP contribution is 2.19. The Labute approximate surface area is 106 Å². The summed E-state index contributed by atoms with van der Waals surface area (Å²) in [5.41, 5.74) is 1.10. The number of rotatable bonds is 3. The Morgan fingerprint density at radius 2 is 2.18 bits per heavy atom. The highest BCUT2D eigenvalue weighted by molar-refractivity contribution is 6.32. The molecule has 0 aromatic carbocycles. The molecule has 0 aliphatic heterocycles. The van der Waals surface area contributed by atoms with Crippen molar-refractivity contribution in [2.24, 2.45) is 0 Å². The molecule has 0 aliphatic carbocycles. The molecule has 0 saturated heterocycles. The molecule has 0 fully saturated rings. The summed E-state index contributed by atoms with van der Waals surface area (Å²) in [4.78, 5) is 15.6. The van der Waals surface area contributed by atoms with Gasteiger partial charge in [-0.2, -0.15) is 0 Å². The maximum Gasteiger partial charge on any atom is 0.250 e. The first kappa shape index (κ1) is 13.9. The van der Waals surface area contributed by atoms with E-state index < -0.39 is 0 Å². The fourth-order valence-corrected chi connectivity index (χ4v) is 1.26. The third kappa shape index (κ3) is 5.15. The molecule has 17 heavy (non-hydrogen) atoms. The first-order valence-electron chi connectivity index (χ1n) is 5.34. The molecule has 5 heteroatoms. The van der Waals surface area contributed by atoms with E-state index >= 15 is 0 Å². The van der Waals surface area contributed by atoms with Crippen LogP contribution in [0.4, 0.5) is 5.69 Å². The summed E-state index contributed by atoms with van der Waals surface area (Å²) in [6, 6.07) is 1.77. The number of anilines is 1. The fourth-order valence-electron chi connectivity index (χ4n) is 1.11. The molecule has 1 aromatic rings. The number of hydrogen-bond donors (Lipinski definition) is 1. The molecule has 1 N–H and O–H groups in total. The average Bonchev–Trinajstić information content (AvgIpc) is 2.20. The Hall–Kier alpha value is -1.13. The minimum atomic E-state index is -0.341. The predicted molar refractivity (Wildman–Crippen MR) is 68.3 cm³/mol. The summed E-state index contributed by atoms with van der Waals surface area (Å²) >= 11 is 5.86. The van der Waals surface area contributed by atoms with Crippen LogP contribution in [0.3, 0.4) is 0 Å². The van der Waals surface area contributed by atoms with Crippen molar-refractivity contribution in [2.75, 3.05) is 11.9 Å². The minimum Gasteiger partial charge on any atom is -0.366 e. The van der Waals surface area contributed by atoms with Crippen molar-refractivity contribution in [1.82, 2.24) is 4.98 Å². The standard InChI is InChI=1S/C12H17ClN2O2/c1-8-5-9(11(13)14-6-8)15-10(16)7-17-12(2,3)4/h5-6H,7H2,1-4H3,(H,15,16). The average molecular weight is 257 g/mol. The molecule has 1 aromatic heterocycles. The van der Waals surface area contributed by atoms with Crippen LogP contribution in [-0.4, -0.2) is 23.1 Å². The van der Waals surface area contributed by atoms with Gasteiger partial charge in [-0.15, -0.1) is 0 Å². The van der Waals surface area contributed by atoms with Crippen LogP contribution in [0.15, 0.2) is 12.3 Å². The van der Waals surface area contributed by atoms with Gasteiger partial charge >= 0.3 is 0 Å². The predicted octanol–water partition coefficient (Wildman–Crippen LogP) is 2.80. The Balaban J connectivity index is 2.59. The van der Waals surface area contributed by atoms with Crippen LogP contribution in [-0.2, 0) is 9.53 Å². The number of aromatic nitrogens is 1. The van der Waals surface area contributed by atoms with Gasteiger partial charge in [-0.1, -0.05) is 11.6 Å². The molecule has 0 atom stereocenters. The van der Waals surface area contributed by atoms with Crippen LogP contribution in [0.2, 0.25) is 5.15 Å². The lowest BCUT2D eigenvalue weighted by Gasteiger charge is -2.19.